The molecule has 0 bridgehead atoms. The van der Waals surface area contributed by atoms with Crippen molar-refractivity contribution in [3.8, 4) is 0 Å². The third kappa shape index (κ3) is 4.42. The Kier molecular flexibility index (Phi) is 5.40. The summed E-state index contributed by atoms with van der Waals surface area (Å²) in [5.74, 6) is -1.07. The summed E-state index contributed by atoms with van der Waals surface area (Å²) < 4.78 is 5.44. The van der Waals surface area contributed by atoms with E-state index in [0.29, 0.717) is 12.5 Å². The molecule has 2 heterocycles. The first kappa shape index (κ1) is 17.1. The number of carbonyl (C=O) groups excluding carboxylic acids is 1. The van der Waals surface area contributed by atoms with Crippen molar-refractivity contribution in [2.45, 2.75) is 18.9 Å². The second kappa shape index (κ2) is 7.90. The Balaban J connectivity index is 1.78. The van der Waals surface area contributed by atoms with Crippen LogP contribution in [0, 0.1) is 5.92 Å². The molecule has 0 radical (unpaired) electrons. The van der Waals surface area contributed by atoms with Gasteiger partial charge in [0.15, 0.2) is 0 Å². The summed E-state index contributed by atoms with van der Waals surface area (Å²) in [6, 6.07) is 12.2. The van der Waals surface area contributed by atoms with Gasteiger partial charge in [-0.1, -0.05) is 30.3 Å². The molecule has 2 aromatic rings. The Morgan fingerprint density at radius 1 is 1.28 bits per heavy atom. The van der Waals surface area contributed by atoms with Crippen molar-refractivity contribution < 1.29 is 19.4 Å². The number of carboxylic acids is 1. The van der Waals surface area contributed by atoms with E-state index in [4.69, 9.17) is 9.84 Å². The molecule has 0 saturated carbocycles. The maximum Gasteiger partial charge on any atom is 0.335 e. The number of aromatic carboxylic acids is 1. The molecule has 1 amide bonds. The van der Waals surface area contributed by atoms with E-state index in [1.807, 2.05) is 30.3 Å². The van der Waals surface area contributed by atoms with Crippen molar-refractivity contribution in [3.63, 3.8) is 0 Å². The van der Waals surface area contributed by atoms with Gasteiger partial charge in [-0.2, -0.15) is 0 Å². The van der Waals surface area contributed by atoms with Crippen LogP contribution in [0.25, 0.3) is 0 Å². The van der Waals surface area contributed by atoms with Crippen LogP contribution >= 0.6 is 0 Å². The van der Waals surface area contributed by atoms with Crippen LogP contribution in [0.1, 0.15) is 45.3 Å². The van der Waals surface area contributed by atoms with E-state index in [9.17, 15) is 9.59 Å². The molecule has 0 spiro atoms. The molecule has 6 nitrogen and oxygen atoms in total. The third-order valence-electron chi connectivity index (χ3n) is 4.34. The van der Waals surface area contributed by atoms with Gasteiger partial charge in [0.05, 0.1) is 11.6 Å². The van der Waals surface area contributed by atoms with Crippen LogP contribution in [0.4, 0.5) is 0 Å². The van der Waals surface area contributed by atoms with Crippen LogP contribution in [0.15, 0.2) is 48.7 Å². The average Bonchev–Trinajstić information content (AvgIpc) is 3.15. The van der Waals surface area contributed by atoms with Crippen LogP contribution in [0.2, 0.25) is 0 Å². The zero-order chi connectivity index (χ0) is 17.6. The second-order valence-electron chi connectivity index (χ2n) is 6.14. The molecule has 130 valence electrons. The van der Waals surface area contributed by atoms with Crippen LogP contribution in [0.5, 0.6) is 0 Å². The van der Waals surface area contributed by atoms with Gasteiger partial charge < -0.3 is 15.2 Å². The van der Waals surface area contributed by atoms with E-state index in [1.54, 1.807) is 0 Å². The zero-order valence-corrected chi connectivity index (χ0v) is 13.7. The van der Waals surface area contributed by atoms with E-state index in [-0.39, 0.29) is 23.2 Å². The SMILES string of the molecule is O=C(O)c1ccnc(C(=O)NC(CC2CCOC2)c2ccccc2)c1. The van der Waals surface area contributed by atoms with Crippen molar-refractivity contribution in [3.05, 3.63) is 65.5 Å². The predicted octanol–water partition coefficient (Wildman–Crippen LogP) is 2.68. The van der Waals surface area contributed by atoms with Gasteiger partial charge in [0.1, 0.15) is 5.69 Å². The molecule has 3 rings (SSSR count). The van der Waals surface area contributed by atoms with Crippen LogP contribution in [-0.2, 0) is 4.74 Å². The van der Waals surface area contributed by atoms with Crippen molar-refractivity contribution >= 4 is 11.9 Å². The van der Waals surface area contributed by atoms with Gasteiger partial charge in [-0.3, -0.25) is 9.78 Å². The summed E-state index contributed by atoms with van der Waals surface area (Å²) in [6.45, 7) is 1.45. The minimum atomic E-state index is -1.08. The minimum Gasteiger partial charge on any atom is -0.478 e. The van der Waals surface area contributed by atoms with Gasteiger partial charge in [-0.25, -0.2) is 4.79 Å². The van der Waals surface area contributed by atoms with Crippen molar-refractivity contribution in [1.29, 1.82) is 0 Å². The van der Waals surface area contributed by atoms with Crippen molar-refractivity contribution in [2.75, 3.05) is 13.2 Å². The maximum atomic E-state index is 12.6. The fourth-order valence-electron chi connectivity index (χ4n) is 2.99. The lowest BCUT2D eigenvalue weighted by molar-refractivity contribution is 0.0696. The van der Waals surface area contributed by atoms with Crippen molar-refractivity contribution in [2.24, 2.45) is 5.92 Å². The van der Waals surface area contributed by atoms with Gasteiger partial charge in [-0.15, -0.1) is 0 Å². The average molecular weight is 340 g/mol. The molecule has 1 aromatic carbocycles. The quantitative estimate of drug-likeness (QED) is 0.844. The molecule has 1 fully saturated rings. The third-order valence-corrected chi connectivity index (χ3v) is 4.34. The number of ether oxygens (including phenoxy) is 1. The van der Waals surface area contributed by atoms with Gasteiger partial charge >= 0.3 is 5.97 Å². The number of carbonyl (C=O) groups is 2. The lowest BCUT2D eigenvalue weighted by Gasteiger charge is -2.22. The van der Waals surface area contributed by atoms with E-state index in [2.05, 4.69) is 10.3 Å². The Bertz CT molecular complexity index is 742. The zero-order valence-electron chi connectivity index (χ0n) is 13.7. The van der Waals surface area contributed by atoms with E-state index >= 15 is 0 Å². The number of rotatable bonds is 6. The smallest absolute Gasteiger partial charge is 0.335 e. The number of nitrogens with one attached hydrogen (secondary N) is 1. The van der Waals surface area contributed by atoms with Gasteiger partial charge in [0.2, 0.25) is 0 Å². The molecule has 2 atom stereocenters. The second-order valence-corrected chi connectivity index (χ2v) is 6.14. The lowest BCUT2D eigenvalue weighted by atomic mass is 9.94. The number of carboxylic acid groups (broad SMARTS) is 1. The molecule has 2 unspecified atom stereocenters. The molecule has 25 heavy (non-hydrogen) atoms. The monoisotopic (exact) mass is 340 g/mol. The van der Waals surface area contributed by atoms with Gasteiger partial charge in [0, 0.05) is 19.4 Å². The van der Waals surface area contributed by atoms with Crippen LogP contribution in [-0.4, -0.2) is 35.2 Å². The van der Waals surface area contributed by atoms with E-state index in [1.165, 1.54) is 18.3 Å². The molecular formula is C19H20N2O4. The summed E-state index contributed by atoms with van der Waals surface area (Å²) in [5.41, 5.74) is 1.15. The van der Waals surface area contributed by atoms with Crippen molar-refractivity contribution in [1.82, 2.24) is 10.3 Å². The van der Waals surface area contributed by atoms with Crippen LogP contribution < -0.4 is 5.32 Å². The van der Waals surface area contributed by atoms with Crippen LogP contribution in [0.3, 0.4) is 0 Å². The number of pyridine rings is 1. The molecular weight excluding hydrogens is 320 g/mol. The lowest BCUT2D eigenvalue weighted by Crippen LogP contribution is -2.31. The first-order chi connectivity index (χ1) is 12.1. The molecule has 1 aliphatic heterocycles. The van der Waals surface area contributed by atoms with E-state index < -0.39 is 5.97 Å². The summed E-state index contributed by atoms with van der Waals surface area (Å²) >= 11 is 0. The van der Waals surface area contributed by atoms with Gasteiger partial charge in [0.25, 0.3) is 5.91 Å². The number of hydrogen-bond donors (Lipinski definition) is 2. The summed E-state index contributed by atoms with van der Waals surface area (Å²) in [5, 5.41) is 12.1. The molecule has 2 N–H and O–H groups in total. The standard InChI is InChI=1S/C19H20N2O4/c22-18(17-11-15(19(23)24)6-8-20-17)21-16(10-13-7-9-25-12-13)14-4-2-1-3-5-14/h1-6,8,11,13,16H,7,9-10,12H2,(H,21,22)(H,23,24). The topological polar surface area (TPSA) is 88.5 Å². The Morgan fingerprint density at radius 3 is 2.76 bits per heavy atom. The number of amides is 1. The fourth-order valence-corrected chi connectivity index (χ4v) is 2.99. The Morgan fingerprint density at radius 2 is 2.08 bits per heavy atom. The Labute approximate surface area is 145 Å². The summed E-state index contributed by atoms with van der Waals surface area (Å²) in [7, 11) is 0. The molecule has 6 heteroatoms. The fraction of sp³-hybridized carbons (Fsp3) is 0.316. The molecule has 0 aliphatic carbocycles. The Hall–Kier alpha value is -2.73. The number of aromatic nitrogens is 1. The first-order valence-corrected chi connectivity index (χ1v) is 8.26. The summed E-state index contributed by atoms with van der Waals surface area (Å²) in [4.78, 5) is 27.7. The number of nitrogens with zero attached hydrogens (tertiary/aromatic N) is 1. The normalized spacial score (nSPS) is 17.8. The number of benzene rings is 1. The molecule has 1 aliphatic rings. The predicted molar refractivity (Wildman–Crippen MR) is 91.4 cm³/mol. The maximum absolute atomic E-state index is 12.6. The highest BCUT2D eigenvalue weighted by Crippen LogP contribution is 2.26. The number of hydrogen-bond acceptors (Lipinski definition) is 4. The first-order valence-electron chi connectivity index (χ1n) is 8.26. The molecule has 1 aromatic heterocycles. The minimum absolute atomic E-state index is 0.0422. The molecule has 1 saturated heterocycles. The largest absolute Gasteiger partial charge is 0.478 e. The highest BCUT2D eigenvalue weighted by Gasteiger charge is 2.24. The van der Waals surface area contributed by atoms with E-state index in [0.717, 1.165) is 25.0 Å². The highest BCUT2D eigenvalue weighted by atomic mass is 16.5. The van der Waals surface area contributed by atoms with Gasteiger partial charge in [-0.05, 0) is 36.5 Å². The highest BCUT2D eigenvalue weighted by molar-refractivity contribution is 5.95. The summed E-state index contributed by atoms with van der Waals surface area (Å²) in [6.07, 6.45) is 3.08.